The molecule has 1 aromatic rings. The van der Waals surface area contributed by atoms with Crippen LogP contribution in [0.25, 0.3) is 0 Å². The van der Waals surface area contributed by atoms with Gasteiger partial charge in [0.25, 0.3) is 0 Å². The van der Waals surface area contributed by atoms with Crippen molar-refractivity contribution in [3.63, 3.8) is 0 Å². The summed E-state index contributed by atoms with van der Waals surface area (Å²) in [4.78, 5) is 14.7. The van der Waals surface area contributed by atoms with E-state index >= 15 is 0 Å². The number of hydrogen-bond donors (Lipinski definition) is 1. The Morgan fingerprint density at radius 3 is 2.62 bits per heavy atom. The van der Waals surface area contributed by atoms with Crippen molar-refractivity contribution >= 4 is 11.6 Å². The molecule has 0 radical (unpaired) electrons. The average molecular weight is 175 g/mol. The zero-order chi connectivity index (χ0) is 9.10. The summed E-state index contributed by atoms with van der Waals surface area (Å²) in [6.45, 7) is 0. The molecule has 4 heteroatoms. The minimum absolute atomic E-state index is 0.0159. The molecule has 2 rings (SSSR count). The first-order chi connectivity index (χ1) is 6.36. The first-order valence-electron chi connectivity index (χ1n) is 4.12. The second-order valence-corrected chi connectivity index (χ2v) is 2.83. The van der Waals surface area contributed by atoms with Gasteiger partial charge in [-0.15, -0.1) is 0 Å². The topological polar surface area (TPSA) is 54.4 Å². The number of pyridine rings is 1. The lowest BCUT2D eigenvalue weighted by atomic mass is 10.1. The van der Waals surface area contributed by atoms with Gasteiger partial charge in [-0.1, -0.05) is 0 Å². The van der Waals surface area contributed by atoms with Gasteiger partial charge in [0.1, 0.15) is 0 Å². The van der Waals surface area contributed by atoms with E-state index < -0.39 is 0 Å². The fourth-order valence-electron chi connectivity index (χ4n) is 1.23. The number of nitrogens with zero attached hydrogens (tertiary/aromatic N) is 2. The number of nitrogens with one attached hydrogen (secondary N) is 1. The molecule has 66 valence electrons. The first-order valence-corrected chi connectivity index (χ1v) is 4.12. The maximum atomic E-state index is 10.8. The van der Waals surface area contributed by atoms with E-state index in [1.807, 2.05) is 12.1 Å². The summed E-state index contributed by atoms with van der Waals surface area (Å²) in [5, 5.41) is 3.97. The second kappa shape index (κ2) is 3.35. The van der Waals surface area contributed by atoms with E-state index in [1.165, 1.54) is 0 Å². The number of carbonyl (C=O) groups is 1. The summed E-state index contributed by atoms with van der Waals surface area (Å²) in [6.07, 6.45) is 4.65. The fraction of sp³-hybridized carbons (Fsp3) is 0.222. The molecule has 0 bridgehead atoms. The zero-order valence-electron chi connectivity index (χ0n) is 7.03. The number of aromatic nitrogens is 1. The van der Waals surface area contributed by atoms with Crippen LogP contribution < -0.4 is 5.43 Å². The van der Waals surface area contributed by atoms with Crippen molar-refractivity contribution in [2.45, 2.75) is 12.8 Å². The Bertz CT molecular complexity index is 345. The summed E-state index contributed by atoms with van der Waals surface area (Å²) in [6, 6.07) is 3.77. The van der Waals surface area contributed by atoms with E-state index in [-0.39, 0.29) is 5.91 Å². The summed E-state index contributed by atoms with van der Waals surface area (Å²) < 4.78 is 0. The maximum Gasteiger partial charge on any atom is 0.240 e. The quantitative estimate of drug-likeness (QED) is 0.682. The molecule has 0 saturated heterocycles. The highest BCUT2D eigenvalue weighted by atomic mass is 16.2. The summed E-state index contributed by atoms with van der Waals surface area (Å²) in [7, 11) is 0. The molecule has 1 aliphatic heterocycles. The number of carbonyl (C=O) groups excluding carboxylic acids is 1. The van der Waals surface area contributed by atoms with Gasteiger partial charge in [-0.3, -0.25) is 9.78 Å². The SMILES string of the molecule is O=C1CCC(c2ccncc2)=NN1. The summed E-state index contributed by atoms with van der Waals surface area (Å²) in [5.74, 6) is -0.0159. The standard InChI is InChI=1S/C9H9N3O/c13-9-2-1-8(11-12-9)7-3-5-10-6-4-7/h3-6H,1-2H2,(H,12,13). The highest BCUT2D eigenvalue weighted by Crippen LogP contribution is 2.08. The largest absolute Gasteiger partial charge is 0.273 e. The molecule has 1 aromatic heterocycles. The third-order valence-electron chi connectivity index (χ3n) is 1.92. The van der Waals surface area contributed by atoms with Gasteiger partial charge in [-0.25, -0.2) is 5.43 Å². The van der Waals surface area contributed by atoms with Gasteiger partial charge in [0.2, 0.25) is 5.91 Å². The van der Waals surface area contributed by atoms with Crippen LogP contribution in [0.4, 0.5) is 0 Å². The highest BCUT2D eigenvalue weighted by molar-refractivity contribution is 6.03. The van der Waals surface area contributed by atoms with Crippen molar-refractivity contribution in [1.29, 1.82) is 0 Å². The maximum absolute atomic E-state index is 10.8. The predicted molar refractivity (Wildman–Crippen MR) is 48.2 cm³/mol. The third-order valence-corrected chi connectivity index (χ3v) is 1.92. The van der Waals surface area contributed by atoms with Gasteiger partial charge >= 0.3 is 0 Å². The van der Waals surface area contributed by atoms with Gasteiger partial charge in [0.05, 0.1) is 5.71 Å². The predicted octanol–water partition coefficient (Wildman–Crippen LogP) is 0.696. The monoisotopic (exact) mass is 175 g/mol. The highest BCUT2D eigenvalue weighted by Gasteiger charge is 2.12. The molecule has 1 amide bonds. The third kappa shape index (κ3) is 1.72. The Balaban J connectivity index is 2.23. The molecule has 4 nitrogen and oxygen atoms in total. The average Bonchev–Trinajstić information content (AvgIpc) is 2.20. The van der Waals surface area contributed by atoms with Gasteiger partial charge < -0.3 is 0 Å². The van der Waals surface area contributed by atoms with Crippen LogP contribution in [-0.4, -0.2) is 16.6 Å². The van der Waals surface area contributed by atoms with Crippen molar-refractivity contribution in [2.24, 2.45) is 5.10 Å². The molecule has 1 aliphatic rings. The molecule has 0 saturated carbocycles. The summed E-state index contributed by atoms with van der Waals surface area (Å²) >= 11 is 0. The molecule has 0 aromatic carbocycles. The van der Waals surface area contributed by atoms with Gasteiger partial charge in [-0.2, -0.15) is 5.10 Å². The fourth-order valence-corrected chi connectivity index (χ4v) is 1.23. The number of amides is 1. The van der Waals surface area contributed by atoms with Gasteiger partial charge in [0, 0.05) is 30.8 Å². The molecule has 0 spiro atoms. The van der Waals surface area contributed by atoms with E-state index in [1.54, 1.807) is 12.4 Å². The Hall–Kier alpha value is -1.71. The van der Waals surface area contributed by atoms with Crippen LogP contribution in [0.5, 0.6) is 0 Å². The zero-order valence-corrected chi connectivity index (χ0v) is 7.03. The van der Waals surface area contributed by atoms with Crippen molar-refractivity contribution < 1.29 is 4.79 Å². The normalized spacial score (nSPS) is 16.3. The second-order valence-electron chi connectivity index (χ2n) is 2.83. The number of rotatable bonds is 1. The van der Waals surface area contributed by atoms with Gasteiger partial charge in [0.15, 0.2) is 0 Å². The number of hydrogen-bond acceptors (Lipinski definition) is 3. The van der Waals surface area contributed by atoms with E-state index in [0.29, 0.717) is 12.8 Å². The molecule has 0 unspecified atom stereocenters. The van der Waals surface area contributed by atoms with Crippen LogP contribution in [0.1, 0.15) is 18.4 Å². The van der Waals surface area contributed by atoms with Crippen molar-refractivity contribution in [3.8, 4) is 0 Å². The molecule has 0 atom stereocenters. The van der Waals surface area contributed by atoms with E-state index in [0.717, 1.165) is 11.3 Å². The Morgan fingerprint density at radius 1 is 1.23 bits per heavy atom. The van der Waals surface area contributed by atoms with Crippen LogP contribution >= 0.6 is 0 Å². The molecular formula is C9H9N3O. The molecule has 1 N–H and O–H groups in total. The van der Waals surface area contributed by atoms with Crippen molar-refractivity contribution in [3.05, 3.63) is 30.1 Å². The Labute approximate surface area is 75.7 Å². The van der Waals surface area contributed by atoms with Gasteiger partial charge in [-0.05, 0) is 12.1 Å². The molecule has 2 heterocycles. The van der Waals surface area contributed by atoms with Crippen LogP contribution in [0.15, 0.2) is 29.6 Å². The molecular weight excluding hydrogens is 166 g/mol. The molecule has 0 aliphatic carbocycles. The summed E-state index contributed by atoms with van der Waals surface area (Å²) in [5.41, 5.74) is 4.40. The van der Waals surface area contributed by atoms with Crippen LogP contribution in [-0.2, 0) is 4.79 Å². The van der Waals surface area contributed by atoms with Crippen molar-refractivity contribution in [2.75, 3.05) is 0 Å². The lowest BCUT2D eigenvalue weighted by molar-refractivity contribution is -0.121. The minimum atomic E-state index is -0.0159. The van der Waals surface area contributed by atoms with E-state index in [2.05, 4.69) is 15.5 Å². The Kier molecular flexibility index (Phi) is 2.04. The first kappa shape index (κ1) is 7.91. The van der Waals surface area contributed by atoms with Crippen molar-refractivity contribution in [1.82, 2.24) is 10.4 Å². The lowest BCUT2D eigenvalue weighted by Gasteiger charge is -2.11. The minimum Gasteiger partial charge on any atom is -0.273 e. The van der Waals surface area contributed by atoms with Crippen LogP contribution in [0.2, 0.25) is 0 Å². The van der Waals surface area contributed by atoms with Crippen LogP contribution in [0, 0.1) is 0 Å². The molecule has 0 fully saturated rings. The smallest absolute Gasteiger partial charge is 0.240 e. The van der Waals surface area contributed by atoms with E-state index in [4.69, 9.17) is 0 Å². The Morgan fingerprint density at radius 2 is 2.00 bits per heavy atom. The number of hydrazone groups is 1. The molecule has 13 heavy (non-hydrogen) atoms. The van der Waals surface area contributed by atoms with E-state index in [9.17, 15) is 4.79 Å². The van der Waals surface area contributed by atoms with Crippen LogP contribution in [0.3, 0.4) is 0 Å². The lowest BCUT2D eigenvalue weighted by Crippen LogP contribution is -2.25.